The smallest absolute Gasteiger partial charge is 0.287 e. The molecule has 2 aromatic rings. The van der Waals surface area contributed by atoms with Gasteiger partial charge >= 0.3 is 0 Å². The van der Waals surface area contributed by atoms with E-state index in [0.717, 1.165) is 43.6 Å². The molecule has 1 aromatic heterocycles. The third kappa shape index (κ3) is 4.12. The highest BCUT2D eigenvalue weighted by Crippen LogP contribution is 2.22. The van der Waals surface area contributed by atoms with Gasteiger partial charge < -0.3 is 15.2 Å². The minimum atomic E-state index is -0.261. The Morgan fingerprint density at radius 1 is 1.15 bits per heavy atom. The summed E-state index contributed by atoms with van der Waals surface area (Å²) in [7, 11) is 0. The number of aromatic nitrogens is 2. The van der Waals surface area contributed by atoms with Crippen LogP contribution in [0.1, 0.15) is 59.9 Å². The number of imidazole rings is 1. The van der Waals surface area contributed by atoms with E-state index in [2.05, 4.69) is 29.5 Å². The first kappa shape index (κ1) is 18.2. The second kappa shape index (κ2) is 8.17. The van der Waals surface area contributed by atoms with E-state index in [4.69, 9.17) is 0 Å². The Kier molecular flexibility index (Phi) is 5.71. The van der Waals surface area contributed by atoms with E-state index < -0.39 is 0 Å². The lowest BCUT2D eigenvalue weighted by atomic mass is 10.1. The molecule has 0 radical (unpaired) electrons. The number of fused-ring (bicyclic) bond motifs is 1. The van der Waals surface area contributed by atoms with Gasteiger partial charge in [-0.1, -0.05) is 32.0 Å². The Hall–Kier alpha value is -2.63. The van der Waals surface area contributed by atoms with E-state index in [1.807, 2.05) is 34.9 Å². The Labute approximate surface area is 154 Å². The zero-order chi connectivity index (χ0) is 18.5. The van der Waals surface area contributed by atoms with Crippen molar-refractivity contribution in [2.75, 3.05) is 11.9 Å². The number of hydrogen-bond donors (Lipinski definition) is 2. The average molecular weight is 354 g/mol. The minimum absolute atomic E-state index is 0.201. The zero-order valence-electron chi connectivity index (χ0n) is 15.4. The molecule has 1 aromatic carbocycles. The quantitative estimate of drug-likeness (QED) is 0.836. The van der Waals surface area contributed by atoms with Crippen LogP contribution in [0, 0.1) is 5.92 Å². The molecular weight excluding hydrogens is 328 g/mol. The largest absolute Gasteiger partial charge is 0.349 e. The standard InChI is InChI=1S/C20H26N4O2/c1-14(2)11-12-21-20(26)18-23-17(16-10-6-7-13-24(16)18)19(25)22-15-8-4-3-5-9-15/h3-5,8-9,14H,6-7,10-13H2,1-2H3,(H,21,26)(H,22,25). The highest BCUT2D eigenvalue weighted by atomic mass is 16.2. The summed E-state index contributed by atoms with van der Waals surface area (Å²) in [5, 5.41) is 5.80. The first-order valence-electron chi connectivity index (χ1n) is 9.30. The number of rotatable bonds is 6. The van der Waals surface area contributed by atoms with Gasteiger partial charge in [-0.15, -0.1) is 0 Å². The van der Waals surface area contributed by atoms with Crippen LogP contribution in [0.5, 0.6) is 0 Å². The Morgan fingerprint density at radius 3 is 2.65 bits per heavy atom. The van der Waals surface area contributed by atoms with Gasteiger partial charge in [0.05, 0.1) is 5.69 Å². The lowest BCUT2D eigenvalue weighted by molar-refractivity contribution is 0.0936. The maximum atomic E-state index is 12.7. The molecule has 0 unspecified atom stereocenters. The number of anilines is 1. The summed E-state index contributed by atoms with van der Waals surface area (Å²) in [4.78, 5) is 29.7. The molecule has 1 aliphatic rings. The molecule has 0 bridgehead atoms. The van der Waals surface area contributed by atoms with Gasteiger partial charge in [-0.2, -0.15) is 0 Å². The van der Waals surface area contributed by atoms with Gasteiger partial charge in [0.15, 0.2) is 11.5 Å². The second-order valence-corrected chi connectivity index (χ2v) is 7.10. The summed E-state index contributed by atoms with van der Waals surface area (Å²) in [6, 6.07) is 9.30. The van der Waals surface area contributed by atoms with E-state index in [0.29, 0.717) is 24.0 Å². The molecule has 0 fully saturated rings. The molecule has 6 heteroatoms. The lowest BCUT2D eigenvalue weighted by Crippen LogP contribution is -2.29. The summed E-state index contributed by atoms with van der Waals surface area (Å²) in [6.07, 6.45) is 3.69. The average Bonchev–Trinajstić information content (AvgIpc) is 3.02. The third-order valence-corrected chi connectivity index (χ3v) is 4.57. The van der Waals surface area contributed by atoms with Crippen molar-refractivity contribution in [2.24, 2.45) is 5.92 Å². The zero-order valence-corrected chi connectivity index (χ0v) is 15.4. The molecular formula is C20H26N4O2. The third-order valence-electron chi connectivity index (χ3n) is 4.57. The van der Waals surface area contributed by atoms with Gasteiger partial charge in [0.2, 0.25) is 0 Å². The maximum Gasteiger partial charge on any atom is 0.287 e. The fourth-order valence-electron chi connectivity index (χ4n) is 3.16. The number of benzene rings is 1. The molecule has 0 aliphatic carbocycles. The van der Waals surface area contributed by atoms with Crippen molar-refractivity contribution < 1.29 is 9.59 Å². The van der Waals surface area contributed by atoms with Crippen molar-refractivity contribution in [3.05, 3.63) is 47.5 Å². The first-order valence-corrected chi connectivity index (χ1v) is 9.30. The molecule has 26 heavy (non-hydrogen) atoms. The molecule has 0 saturated heterocycles. The van der Waals surface area contributed by atoms with Gasteiger partial charge in [-0.3, -0.25) is 9.59 Å². The van der Waals surface area contributed by atoms with Gasteiger partial charge in [0.25, 0.3) is 11.8 Å². The Bertz CT molecular complexity index is 781. The number of hydrogen-bond acceptors (Lipinski definition) is 3. The van der Waals surface area contributed by atoms with Crippen molar-refractivity contribution >= 4 is 17.5 Å². The van der Waals surface area contributed by atoms with Gasteiger partial charge in [0.1, 0.15) is 0 Å². The number of carbonyl (C=O) groups is 2. The number of para-hydroxylation sites is 1. The van der Waals surface area contributed by atoms with Crippen LogP contribution < -0.4 is 10.6 Å². The number of nitrogens with one attached hydrogen (secondary N) is 2. The minimum Gasteiger partial charge on any atom is -0.349 e. The Morgan fingerprint density at radius 2 is 1.92 bits per heavy atom. The van der Waals surface area contributed by atoms with Gasteiger partial charge in [-0.05, 0) is 43.7 Å². The van der Waals surface area contributed by atoms with Crippen molar-refractivity contribution in [3.8, 4) is 0 Å². The SMILES string of the molecule is CC(C)CCNC(=O)c1nc(C(=O)Nc2ccccc2)c2n1CCCC2. The molecule has 1 aliphatic heterocycles. The summed E-state index contributed by atoms with van der Waals surface area (Å²) in [5.74, 6) is 0.411. The monoisotopic (exact) mass is 354 g/mol. The van der Waals surface area contributed by atoms with Crippen LogP contribution in [0.3, 0.4) is 0 Å². The number of amides is 2. The predicted octanol–water partition coefficient (Wildman–Crippen LogP) is 3.25. The molecule has 2 N–H and O–H groups in total. The van der Waals surface area contributed by atoms with Crippen LogP contribution in [-0.2, 0) is 13.0 Å². The van der Waals surface area contributed by atoms with E-state index in [1.54, 1.807) is 0 Å². The van der Waals surface area contributed by atoms with E-state index in [-0.39, 0.29) is 11.8 Å². The summed E-state index contributed by atoms with van der Waals surface area (Å²) >= 11 is 0. The summed E-state index contributed by atoms with van der Waals surface area (Å²) in [5.41, 5.74) is 1.94. The van der Waals surface area contributed by atoms with E-state index in [1.165, 1.54) is 0 Å². The fraction of sp³-hybridized carbons (Fsp3) is 0.450. The maximum absolute atomic E-state index is 12.7. The summed E-state index contributed by atoms with van der Waals surface area (Å²) < 4.78 is 1.91. The molecule has 138 valence electrons. The van der Waals surface area contributed by atoms with Gasteiger partial charge in [-0.25, -0.2) is 4.98 Å². The van der Waals surface area contributed by atoms with E-state index in [9.17, 15) is 9.59 Å². The van der Waals surface area contributed by atoms with Crippen LogP contribution in [0.2, 0.25) is 0 Å². The van der Waals surface area contributed by atoms with E-state index >= 15 is 0 Å². The molecule has 0 saturated carbocycles. The Balaban J connectivity index is 1.81. The van der Waals surface area contributed by atoms with Crippen LogP contribution in [0.25, 0.3) is 0 Å². The highest BCUT2D eigenvalue weighted by molar-refractivity contribution is 6.05. The van der Waals surface area contributed by atoms with Crippen molar-refractivity contribution in [3.63, 3.8) is 0 Å². The molecule has 6 nitrogen and oxygen atoms in total. The first-order chi connectivity index (χ1) is 12.6. The highest BCUT2D eigenvalue weighted by Gasteiger charge is 2.27. The van der Waals surface area contributed by atoms with Gasteiger partial charge in [0, 0.05) is 18.8 Å². The van der Waals surface area contributed by atoms with Crippen LogP contribution >= 0.6 is 0 Å². The van der Waals surface area contributed by atoms with Crippen molar-refractivity contribution in [1.29, 1.82) is 0 Å². The normalized spacial score (nSPS) is 13.3. The number of nitrogens with zero attached hydrogens (tertiary/aromatic N) is 2. The molecule has 0 spiro atoms. The van der Waals surface area contributed by atoms with Crippen LogP contribution in [0.15, 0.2) is 30.3 Å². The van der Waals surface area contributed by atoms with Crippen molar-refractivity contribution in [2.45, 2.75) is 46.1 Å². The molecule has 2 heterocycles. The second-order valence-electron chi connectivity index (χ2n) is 7.10. The lowest BCUT2D eigenvalue weighted by Gasteiger charge is -2.17. The van der Waals surface area contributed by atoms with Crippen molar-refractivity contribution in [1.82, 2.24) is 14.9 Å². The number of carbonyl (C=O) groups excluding carboxylic acids is 2. The summed E-state index contributed by atoms with van der Waals surface area (Å²) in [6.45, 7) is 5.59. The van der Waals surface area contributed by atoms with Crippen LogP contribution in [-0.4, -0.2) is 27.9 Å². The van der Waals surface area contributed by atoms with Crippen LogP contribution in [0.4, 0.5) is 5.69 Å². The molecule has 2 amide bonds. The predicted molar refractivity (Wildman–Crippen MR) is 101 cm³/mol. The topological polar surface area (TPSA) is 76.0 Å². The molecule has 3 rings (SSSR count). The fourth-order valence-corrected chi connectivity index (χ4v) is 3.16. The molecule has 0 atom stereocenters.